The van der Waals surface area contributed by atoms with Crippen LogP contribution in [0.4, 0.5) is 0 Å². The van der Waals surface area contributed by atoms with Gasteiger partial charge in [-0.3, -0.25) is 0 Å². The Labute approximate surface area is 114 Å². The van der Waals surface area contributed by atoms with E-state index in [0.29, 0.717) is 5.41 Å². The van der Waals surface area contributed by atoms with Gasteiger partial charge < -0.3 is 10.1 Å². The summed E-state index contributed by atoms with van der Waals surface area (Å²) < 4.78 is 6.16. The van der Waals surface area contributed by atoms with Crippen molar-refractivity contribution in [3.8, 4) is 0 Å². The SMILES string of the molecule is Clc1ccccc1C1CNCC2(CCCC2)CO1. The molecule has 18 heavy (non-hydrogen) atoms. The Bertz CT molecular complexity index is 415. The maximum atomic E-state index is 6.25. The Balaban J connectivity index is 1.74. The van der Waals surface area contributed by atoms with Gasteiger partial charge in [-0.25, -0.2) is 0 Å². The van der Waals surface area contributed by atoms with E-state index in [1.807, 2.05) is 18.2 Å². The third-order valence-corrected chi connectivity index (χ3v) is 4.68. The van der Waals surface area contributed by atoms with Crippen molar-refractivity contribution < 1.29 is 4.74 Å². The molecule has 0 aromatic heterocycles. The number of hydrogen-bond acceptors (Lipinski definition) is 2. The maximum absolute atomic E-state index is 6.25. The lowest BCUT2D eigenvalue weighted by Crippen LogP contribution is -2.32. The van der Waals surface area contributed by atoms with Crippen LogP contribution in [0.3, 0.4) is 0 Å². The van der Waals surface area contributed by atoms with Crippen LogP contribution < -0.4 is 5.32 Å². The van der Waals surface area contributed by atoms with Gasteiger partial charge in [-0.2, -0.15) is 0 Å². The molecule has 1 atom stereocenters. The van der Waals surface area contributed by atoms with Gasteiger partial charge in [0.25, 0.3) is 0 Å². The lowest BCUT2D eigenvalue weighted by Gasteiger charge is -2.26. The van der Waals surface area contributed by atoms with Crippen molar-refractivity contribution >= 4 is 11.6 Å². The smallest absolute Gasteiger partial charge is 0.0963 e. The Morgan fingerprint density at radius 3 is 2.78 bits per heavy atom. The summed E-state index contributed by atoms with van der Waals surface area (Å²) in [6.45, 7) is 2.83. The normalized spacial score (nSPS) is 27.3. The van der Waals surface area contributed by atoms with E-state index in [9.17, 15) is 0 Å². The Morgan fingerprint density at radius 2 is 2.00 bits per heavy atom. The van der Waals surface area contributed by atoms with Gasteiger partial charge >= 0.3 is 0 Å². The molecular formula is C15H20ClNO. The van der Waals surface area contributed by atoms with Crippen LogP contribution in [0.25, 0.3) is 0 Å². The molecule has 0 amide bonds. The van der Waals surface area contributed by atoms with E-state index in [0.717, 1.165) is 30.3 Å². The van der Waals surface area contributed by atoms with Crippen molar-refractivity contribution in [1.82, 2.24) is 5.32 Å². The van der Waals surface area contributed by atoms with E-state index in [1.54, 1.807) is 0 Å². The van der Waals surface area contributed by atoms with Gasteiger partial charge in [-0.1, -0.05) is 42.6 Å². The zero-order valence-corrected chi connectivity index (χ0v) is 11.4. The summed E-state index contributed by atoms with van der Waals surface area (Å²) in [7, 11) is 0. The second-order valence-electron chi connectivity index (χ2n) is 5.66. The van der Waals surface area contributed by atoms with Gasteiger partial charge in [0.05, 0.1) is 12.7 Å². The summed E-state index contributed by atoms with van der Waals surface area (Å²) in [5.74, 6) is 0. The molecule has 0 bridgehead atoms. The van der Waals surface area contributed by atoms with E-state index in [-0.39, 0.29) is 6.10 Å². The van der Waals surface area contributed by atoms with Crippen LogP contribution in [-0.4, -0.2) is 19.7 Å². The minimum atomic E-state index is 0.0960. The number of hydrogen-bond donors (Lipinski definition) is 1. The first-order valence-corrected chi connectivity index (χ1v) is 7.24. The topological polar surface area (TPSA) is 21.3 Å². The Morgan fingerprint density at radius 1 is 1.22 bits per heavy atom. The quantitative estimate of drug-likeness (QED) is 0.838. The molecule has 1 heterocycles. The van der Waals surface area contributed by atoms with Crippen molar-refractivity contribution in [1.29, 1.82) is 0 Å². The van der Waals surface area contributed by atoms with Crippen molar-refractivity contribution in [2.45, 2.75) is 31.8 Å². The molecule has 1 aromatic carbocycles. The molecule has 1 N–H and O–H groups in total. The summed E-state index contributed by atoms with van der Waals surface area (Å²) in [5, 5.41) is 4.38. The van der Waals surface area contributed by atoms with E-state index in [2.05, 4.69) is 11.4 Å². The molecule has 98 valence electrons. The highest BCUT2D eigenvalue weighted by Gasteiger charge is 2.37. The second kappa shape index (κ2) is 5.20. The summed E-state index contributed by atoms with van der Waals surface area (Å²) in [5.41, 5.74) is 1.50. The first-order valence-electron chi connectivity index (χ1n) is 6.86. The lowest BCUT2D eigenvalue weighted by atomic mass is 9.87. The number of ether oxygens (including phenoxy) is 1. The second-order valence-corrected chi connectivity index (χ2v) is 6.07. The molecular weight excluding hydrogens is 246 g/mol. The summed E-state index contributed by atoms with van der Waals surface area (Å²) in [4.78, 5) is 0. The van der Waals surface area contributed by atoms with Crippen molar-refractivity contribution in [3.05, 3.63) is 34.9 Å². The average Bonchev–Trinajstić information content (AvgIpc) is 2.73. The molecule has 0 radical (unpaired) electrons. The molecule has 1 saturated heterocycles. The van der Waals surface area contributed by atoms with Gasteiger partial charge in [0.15, 0.2) is 0 Å². The molecule has 1 aliphatic heterocycles. The minimum absolute atomic E-state index is 0.0960. The van der Waals surface area contributed by atoms with Crippen LogP contribution in [-0.2, 0) is 4.74 Å². The first kappa shape index (κ1) is 12.5. The number of nitrogens with one attached hydrogen (secondary N) is 1. The van der Waals surface area contributed by atoms with E-state index in [4.69, 9.17) is 16.3 Å². The first-order chi connectivity index (χ1) is 8.79. The molecule has 1 unspecified atom stereocenters. The molecule has 1 spiro atoms. The predicted molar refractivity (Wildman–Crippen MR) is 73.9 cm³/mol. The molecule has 1 saturated carbocycles. The van der Waals surface area contributed by atoms with Crippen LogP contribution in [0.1, 0.15) is 37.4 Å². The zero-order chi connectivity index (χ0) is 12.4. The van der Waals surface area contributed by atoms with Crippen LogP contribution >= 0.6 is 11.6 Å². The van der Waals surface area contributed by atoms with E-state index >= 15 is 0 Å². The molecule has 2 fully saturated rings. The Kier molecular flexibility index (Phi) is 3.60. The number of benzene rings is 1. The van der Waals surface area contributed by atoms with Crippen molar-refractivity contribution in [3.63, 3.8) is 0 Å². The van der Waals surface area contributed by atoms with Crippen molar-refractivity contribution in [2.75, 3.05) is 19.7 Å². The third kappa shape index (κ3) is 2.42. The van der Waals surface area contributed by atoms with Gasteiger partial charge in [0.2, 0.25) is 0 Å². The summed E-state index contributed by atoms with van der Waals surface area (Å²) in [6.07, 6.45) is 5.40. The molecule has 1 aliphatic carbocycles. The molecule has 1 aromatic rings. The van der Waals surface area contributed by atoms with Gasteiger partial charge in [-0.05, 0) is 18.9 Å². The van der Waals surface area contributed by atoms with Crippen LogP contribution in [0, 0.1) is 5.41 Å². The number of rotatable bonds is 1. The summed E-state index contributed by atoms with van der Waals surface area (Å²) in [6, 6.07) is 8.01. The average molecular weight is 266 g/mol. The highest BCUT2D eigenvalue weighted by molar-refractivity contribution is 6.31. The highest BCUT2D eigenvalue weighted by atomic mass is 35.5. The fourth-order valence-electron chi connectivity index (χ4n) is 3.24. The van der Waals surface area contributed by atoms with Crippen LogP contribution in [0.5, 0.6) is 0 Å². The van der Waals surface area contributed by atoms with Gasteiger partial charge in [-0.15, -0.1) is 0 Å². The van der Waals surface area contributed by atoms with Gasteiger partial charge in [0.1, 0.15) is 0 Å². The van der Waals surface area contributed by atoms with E-state index in [1.165, 1.54) is 25.7 Å². The third-order valence-electron chi connectivity index (χ3n) is 4.34. The standard InChI is InChI=1S/C15H20ClNO/c16-13-6-2-1-5-12(13)14-9-17-10-15(11-18-14)7-3-4-8-15/h1-2,5-6,14,17H,3-4,7-11H2. The molecule has 3 rings (SSSR count). The van der Waals surface area contributed by atoms with Crippen LogP contribution in [0.15, 0.2) is 24.3 Å². The minimum Gasteiger partial charge on any atom is -0.372 e. The molecule has 2 nitrogen and oxygen atoms in total. The fourth-order valence-corrected chi connectivity index (χ4v) is 3.50. The Hall–Kier alpha value is -0.570. The van der Waals surface area contributed by atoms with E-state index < -0.39 is 0 Å². The lowest BCUT2D eigenvalue weighted by molar-refractivity contribution is 0.0158. The fraction of sp³-hybridized carbons (Fsp3) is 0.600. The van der Waals surface area contributed by atoms with Crippen LogP contribution in [0.2, 0.25) is 5.02 Å². The largest absolute Gasteiger partial charge is 0.372 e. The molecule has 3 heteroatoms. The monoisotopic (exact) mass is 265 g/mol. The summed E-state index contributed by atoms with van der Waals surface area (Å²) >= 11 is 6.25. The maximum Gasteiger partial charge on any atom is 0.0963 e. The predicted octanol–water partition coefficient (Wildman–Crippen LogP) is 3.56. The van der Waals surface area contributed by atoms with Gasteiger partial charge in [0, 0.05) is 29.1 Å². The highest BCUT2D eigenvalue weighted by Crippen LogP contribution is 2.40. The number of halogens is 1. The molecule has 2 aliphatic rings. The van der Waals surface area contributed by atoms with Crippen molar-refractivity contribution in [2.24, 2.45) is 5.41 Å². The zero-order valence-electron chi connectivity index (χ0n) is 10.6.